The Morgan fingerprint density at radius 3 is 2.52 bits per heavy atom. The van der Waals surface area contributed by atoms with Gasteiger partial charge in [0, 0.05) is 36.2 Å². The van der Waals surface area contributed by atoms with Crippen LogP contribution in [0.1, 0.15) is 46.2 Å². The van der Waals surface area contributed by atoms with E-state index < -0.39 is 5.60 Å². The van der Waals surface area contributed by atoms with Crippen LogP contribution in [0, 0.1) is 0 Å². The van der Waals surface area contributed by atoms with Gasteiger partial charge in [0.25, 0.3) is 0 Å². The lowest BCUT2D eigenvalue weighted by Crippen LogP contribution is -2.54. The highest BCUT2D eigenvalue weighted by molar-refractivity contribution is 9.10. The maximum atomic E-state index is 12.2. The highest BCUT2D eigenvalue weighted by atomic mass is 79.9. The first kappa shape index (κ1) is 18.3. The molecule has 1 heterocycles. The molecule has 1 saturated heterocycles. The van der Waals surface area contributed by atoms with Crippen molar-refractivity contribution in [2.75, 3.05) is 19.6 Å². The second kappa shape index (κ2) is 7.22. The Morgan fingerprint density at radius 1 is 1.30 bits per heavy atom. The van der Waals surface area contributed by atoms with E-state index in [2.05, 4.69) is 52.9 Å². The van der Waals surface area contributed by atoms with Crippen LogP contribution in [-0.4, -0.2) is 47.2 Å². The molecule has 1 aromatic rings. The van der Waals surface area contributed by atoms with E-state index >= 15 is 0 Å². The molecule has 0 bridgehead atoms. The van der Waals surface area contributed by atoms with E-state index in [0.717, 1.165) is 11.0 Å². The van der Waals surface area contributed by atoms with Gasteiger partial charge in [-0.3, -0.25) is 4.90 Å². The fourth-order valence-corrected chi connectivity index (χ4v) is 3.65. The van der Waals surface area contributed by atoms with Crippen molar-refractivity contribution in [3.63, 3.8) is 0 Å². The Labute approximate surface area is 147 Å². The summed E-state index contributed by atoms with van der Waals surface area (Å²) < 4.78 is 6.62. The van der Waals surface area contributed by atoms with E-state index in [-0.39, 0.29) is 6.09 Å². The highest BCUT2D eigenvalue weighted by Gasteiger charge is 2.32. The maximum Gasteiger partial charge on any atom is 0.410 e. The van der Waals surface area contributed by atoms with Crippen LogP contribution in [0.5, 0.6) is 0 Å². The number of amides is 1. The van der Waals surface area contributed by atoms with Crippen LogP contribution >= 0.6 is 15.9 Å². The first-order chi connectivity index (χ1) is 10.7. The van der Waals surface area contributed by atoms with E-state index in [4.69, 9.17) is 4.74 Å². The molecule has 0 N–H and O–H groups in total. The smallest absolute Gasteiger partial charge is 0.410 e. The zero-order valence-corrected chi connectivity index (χ0v) is 16.3. The Kier molecular flexibility index (Phi) is 5.74. The molecule has 2 atom stereocenters. The number of hydrogen-bond acceptors (Lipinski definition) is 3. The Hall–Kier alpha value is -1.07. The highest BCUT2D eigenvalue weighted by Crippen LogP contribution is 2.30. The third-order valence-corrected chi connectivity index (χ3v) is 4.91. The molecule has 0 aliphatic carbocycles. The number of piperazine rings is 1. The minimum Gasteiger partial charge on any atom is -0.444 e. The summed E-state index contributed by atoms with van der Waals surface area (Å²) in [4.78, 5) is 16.5. The van der Waals surface area contributed by atoms with Crippen molar-refractivity contribution in [1.29, 1.82) is 0 Å². The molecule has 1 unspecified atom stereocenters. The topological polar surface area (TPSA) is 32.8 Å². The second-order valence-corrected chi connectivity index (χ2v) is 8.07. The van der Waals surface area contributed by atoms with Crippen molar-refractivity contribution in [1.82, 2.24) is 9.80 Å². The summed E-state index contributed by atoms with van der Waals surface area (Å²) in [5.74, 6) is 0. The van der Waals surface area contributed by atoms with E-state index in [1.807, 2.05) is 31.7 Å². The molecule has 1 aromatic carbocycles. The molecule has 0 spiro atoms. The van der Waals surface area contributed by atoms with Crippen molar-refractivity contribution in [3.05, 3.63) is 34.3 Å². The van der Waals surface area contributed by atoms with E-state index in [0.29, 0.717) is 25.2 Å². The van der Waals surface area contributed by atoms with Gasteiger partial charge in [0.1, 0.15) is 5.60 Å². The van der Waals surface area contributed by atoms with Crippen LogP contribution in [0.2, 0.25) is 0 Å². The van der Waals surface area contributed by atoms with E-state index in [1.54, 1.807) is 0 Å². The van der Waals surface area contributed by atoms with Crippen LogP contribution in [0.25, 0.3) is 0 Å². The first-order valence-electron chi connectivity index (χ1n) is 8.17. The Balaban J connectivity index is 2.02. The van der Waals surface area contributed by atoms with Gasteiger partial charge in [-0.1, -0.05) is 34.1 Å². The van der Waals surface area contributed by atoms with Crippen LogP contribution in [0.15, 0.2) is 28.7 Å². The second-order valence-electron chi connectivity index (χ2n) is 7.21. The van der Waals surface area contributed by atoms with Crippen LogP contribution < -0.4 is 0 Å². The number of halogens is 1. The van der Waals surface area contributed by atoms with Gasteiger partial charge in [-0.05, 0) is 46.2 Å². The van der Waals surface area contributed by atoms with Gasteiger partial charge < -0.3 is 9.64 Å². The standard InChI is InChI=1S/C18H27BrN2O2/c1-13-12-20(17(22)23-18(3,4)5)10-11-21(13)14(2)15-8-6-7-9-16(15)19/h6-9,13-14H,10-12H2,1-5H3/t13-,14?/m0/s1. The lowest BCUT2D eigenvalue weighted by atomic mass is 10.0. The number of rotatable bonds is 2. The molecule has 4 nitrogen and oxygen atoms in total. The van der Waals surface area contributed by atoms with E-state index in [9.17, 15) is 4.79 Å². The van der Waals surface area contributed by atoms with E-state index in [1.165, 1.54) is 5.56 Å². The number of nitrogens with zero attached hydrogens (tertiary/aromatic N) is 2. The van der Waals surface area contributed by atoms with Crippen molar-refractivity contribution in [3.8, 4) is 0 Å². The molecule has 23 heavy (non-hydrogen) atoms. The molecule has 128 valence electrons. The zero-order valence-electron chi connectivity index (χ0n) is 14.7. The summed E-state index contributed by atoms with van der Waals surface area (Å²) in [6, 6.07) is 8.93. The molecule has 1 fully saturated rings. The van der Waals surface area contributed by atoms with Crippen LogP contribution in [-0.2, 0) is 4.74 Å². The predicted molar refractivity (Wildman–Crippen MR) is 96.5 cm³/mol. The summed E-state index contributed by atoms with van der Waals surface area (Å²) in [5, 5.41) is 0. The monoisotopic (exact) mass is 382 g/mol. The fourth-order valence-electron chi connectivity index (χ4n) is 3.03. The predicted octanol–water partition coefficient (Wildman–Crippen LogP) is 4.45. The molecular weight excluding hydrogens is 356 g/mol. The maximum absolute atomic E-state index is 12.2. The van der Waals surface area contributed by atoms with Crippen molar-refractivity contribution < 1.29 is 9.53 Å². The largest absolute Gasteiger partial charge is 0.444 e. The SMILES string of the molecule is CC(c1ccccc1Br)N1CCN(C(=O)OC(C)(C)C)C[C@@H]1C. The summed E-state index contributed by atoms with van der Waals surface area (Å²) in [7, 11) is 0. The zero-order chi connectivity index (χ0) is 17.2. The molecule has 1 aliphatic rings. The van der Waals surface area contributed by atoms with Gasteiger partial charge in [0.2, 0.25) is 0 Å². The molecule has 1 aliphatic heterocycles. The summed E-state index contributed by atoms with van der Waals surface area (Å²) in [6.45, 7) is 12.4. The van der Waals surface area contributed by atoms with Gasteiger partial charge in [-0.25, -0.2) is 4.79 Å². The summed E-state index contributed by atoms with van der Waals surface area (Å²) in [5.41, 5.74) is 0.838. The third-order valence-electron chi connectivity index (χ3n) is 4.18. The summed E-state index contributed by atoms with van der Waals surface area (Å²) in [6.07, 6.45) is -0.211. The minimum atomic E-state index is -0.445. The first-order valence-corrected chi connectivity index (χ1v) is 8.96. The average Bonchev–Trinajstić information content (AvgIpc) is 2.45. The number of carbonyl (C=O) groups excluding carboxylic acids is 1. The van der Waals surface area contributed by atoms with Crippen molar-refractivity contribution in [2.24, 2.45) is 0 Å². The quantitative estimate of drug-likeness (QED) is 0.757. The normalized spacial score (nSPS) is 21.1. The van der Waals surface area contributed by atoms with Gasteiger partial charge in [-0.15, -0.1) is 0 Å². The summed E-state index contributed by atoms with van der Waals surface area (Å²) >= 11 is 3.64. The Morgan fingerprint density at radius 2 is 1.96 bits per heavy atom. The average molecular weight is 383 g/mol. The lowest BCUT2D eigenvalue weighted by Gasteiger charge is -2.43. The molecule has 0 radical (unpaired) electrons. The van der Waals surface area contributed by atoms with Crippen LogP contribution in [0.3, 0.4) is 0 Å². The number of benzene rings is 1. The molecule has 5 heteroatoms. The van der Waals surface area contributed by atoms with Gasteiger partial charge in [0.15, 0.2) is 0 Å². The number of hydrogen-bond donors (Lipinski definition) is 0. The lowest BCUT2D eigenvalue weighted by molar-refractivity contribution is -0.000765. The molecule has 1 amide bonds. The fraction of sp³-hybridized carbons (Fsp3) is 0.611. The molecule has 0 aromatic heterocycles. The number of carbonyl (C=O) groups is 1. The van der Waals surface area contributed by atoms with Crippen LogP contribution in [0.4, 0.5) is 4.79 Å². The van der Waals surface area contributed by atoms with Gasteiger partial charge in [0.05, 0.1) is 0 Å². The molecule has 2 rings (SSSR count). The van der Waals surface area contributed by atoms with Crippen molar-refractivity contribution >= 4 is 22.0 Å². The Bertz CT molecular complexity index is 556. The van der Waals surface area contributed by atoms with Gasteiger partial charge >= 0.3 is 6.09 Å². The minimum absolute atomic E-state index is 0.211. The molecular formula is C18H27BrN2O2. The third kappa shape index (κ3) is 4.70. The van der Waals surface area contributed by atoms with Crippen molar-refractivity contribution in [2.45, 2.75) is 52.3 Å². The molecule has 0 saturated carbocycles. The number of ether oxygens (including phenoxy) is 1. The van der Waals surface area contributed by atoms with Gasteiger partial charge in [-0.2, -0.15) is 0 Å².